The molecule has 132 valence electrons. The van der Waals surface area contributed by atoms with E-state index in [2.05, 4.69) is 30.0 Å². The molecule has 1 aliphatic rings. The lowest BCUT2D eigenvalue weighted by molar-refractivity contribution is -0.123. The first-order valence-corrected chi connectivity index (χ1v) is 8.18. The van der Waals surface area contributed by atoms with Crippen LogP contribution in [0.25, 0.3) is 0 Å². The van der Waals surface area contributed by atoms with Gasteiger partial charge >= 0.3 is 6.61 Å². The molecular formula is C19H25F2NO2. The molecule has 0 saturated heterocycles. The van der Waals surface area contributed by atoms with Crippen molar-refractivity contribution >= 4 is 5.91 Å². The summed E-state index contributed by atoms with van der Waals surface area (Å²) in [7, 11) is 0. The molecule has 0 spiro atoms. The van der Waals surface area contributed by atoms with Crippen LogP contribution in [-0.4, -0.2) is 19.1 Å². The van der Waals surface area contributed by atoms with Crippen molar-refractivity contribution in [2.24, 2.45) is 17.3 Å². The molecule has 0 bridgehead atoms. The molecule has 0 heterocycles. The van der Waals surface area contributed by atoms with E-state index in [-0.39, 0.29) is 23.0 Å². The molecule has 1 N–H and O–H groups in total. The van der Waals surface area contributed by atoms with Crippen LogP contribution in [-0.2, 0) is 11.2 Å². The van der Waals surface area contributed by atoms with Gasteiger partial charge in [-0.3, -0.25) is 4.79 Å². The molecule has 24 heavy (non-hydrogen) atoms. The Morgan fingerprint density at radius 1 is 1.29 bits per heavy atom. The lowest BCUT2D eigenvalue weighted by Crippen LogP contribution is -2.28. The van der Waals surface area contributed by atoms with Crippen LogP contribution >= 0.6 is 0 Å². The summed E-state index contributed by atoms with van der Waals surface area (Å²) in [6.07, 6.45) is 2.83. The summed E-state index contributed by atoms with van der Waals surface area (Å²) < 4.78 is 28.5. The van der Waals surface area contributed by atoms with Gasteiger partial charge in [-0.1, -0.05) is 37.6 Å². The second-order valence-electron chi connectivity index (χ2n) is 7.13. The van der Waals surface area contributed by atoms with Gasteiger partial charge in [0.15, 0.2) is 0 Å². The summed E-state index contributed by atoms with van der Waals surface area (Å²) in [6, 6.07) is 6.49. The molecule has 0 aromatic heterocycles. The smallest absolute Gasteiger partial charge is 0.387 e. The zero-order chi connectivity index (χ0) is 17.9. The third kappa shape index (κ3) is 4.56. The number of hydrogen-bond donors (Lipinski definition) is 1. The Hall–Kier alpha value is -1.91. The third-order valence-electron chi connectivity index (χ3n) is 4.57. The fourth-order valence-corrected chi connectivity index (χ4v) is 3.13. The molecule has 0 aliphatic heterocycles. The topological polar surface area (TPSA) is 38.3 Å². The molecule has 1 aromatic rings. The first-order valence-electron chi connectivity index (χ1n) is 8.18. The molecule has 2 unspecified atom stereocenters. The fourth-order valence-electron chi connectivity index (χ4n) is 3.13. The van der Waals surface area contributed by atoms with Crippen molar-refractivity contribution in [1.29, 1.82) is 0 Å². The summed E-state index contributed by atoms with van der Waals surface area (Å²) in [5.41, 5.74) is 2.21. The van der Waals surface area contributed by atoms with E-state index in [0.29, 0.717) is 18.9 Å². The van der Waals surface area contributed by atoms with Gasteiger partial charge in [-0.05, 0) is 49.3 Å². The Morgan fingerprint density at radius 2 is 1.92 bits per heavy atom. The Labute approximate surface area is 142 Å². The standard InChI is InChI=1S/C19H25F2NO2/c1-12(2)11-15-16(19(15,3)4)17(23)22-10-9-13-5-7-14(8-6-13)24-18(20)21/h5-8,11,15-16,18H,9-10H2,1-4H3,(H,22,23). The largest absolute Gasteiger partial charge is 0.435 e. The first-order chi connectivity index (χ1) is 11.2. The van der Waals surface area contributed by atoms with Crippen molar-refractivity contribution in [2.45, 2.75) is 40.7 Å². The predicted molar refractivity (Wildman–Crippen MR) is 90.0 cm³/mol. The zero-order valence-corrected chi connectivity index (χ0v) is 14.6. The van der Waals surface area contributed by atoms with Gasteiger partial charge in [0.1, 0.15) is 5.75 Å². The summed E-state index contributed by atoms with van der Waals surface area (Å²) in [4.78, 5) is 12.3. The van der Waals surface area contributed by atoms with Crippen molar-refractivity contribution in [3.05, 3.63) is 41.5 Å². The molecule has 1 aliphatic carbocycles. The Bertz CT molecular complexity index is 604. The maximum absolute atomic E-state index is 12.3. The van der Waals surface area contributed by atoms with Crippen molar-refractivity contribution in [3.63, 3.8) is 0 Å². The van der Waals surface area contributed by atoms with Gasteiger partial charge in [0, 0.05) is 6.54 Å². The van der Waals surface area contributed by atoms with Crippen LogP contribution in [0.5, 0.6) is 5.75 Å². The Morgan fingerprint density at radius 3 is 2.46 bits per heavy atom. The van der Waals surface area contributed by atoms with Crippen LogP contribution in [0.4, 0.5) is 8.78 Å². The van der Waals surface area contributed by atoms with Crippen LogP contribution < -0.4 is 10.1 Å². The SMILES string of the molecule is CC(C)=CC1C(C(=O)NCCc2ccc(OC(F)F)cc2)C1(C)C. The molecule has 2 atom stereocenters. The molecule has 0 radical (unpaired) electrons. The van der Waals surface area contributed by atoms with E-state index in [1.807, 2.05) is 13.8 Å². The number of ether oxygens (including phenoxy) is 1. The average molecular weight is 337 g/mol. The van der Waals surface area contributed by atoms with Crippen LogP contribution in [0.2, 0.25) is 0 Å². The number of halogens is 2. The molecule has 2 rings (SSSR count). The molecule has 1 saturated carbocycles. The van der Waals surface area contributed by atoms with E-state index in [1.165, 1.54) is 17.7 Å². The molecular weight excluding hydrogens is 312 g/mol. The van der Waals surface area contributed by atoms with Gasteiger partial charge in [-0.2, -0.15) is 8.78 Å². The number of nitrogens with one attached hydrogen (secondary N) is 1. The highest BCUT2D eigenvalue weighted by Crippen LogP contribution is 2.59. The molecule has 3 nitrogen and oxygen atoms in total. The first kappa shape index (κ1) is 18.4. The van der Waals surface area contributed by atoms with Gasteiger partial charge in [-0.15, -0.1) is 0 Å². The molecule has 1 aromatic carbocycles. The molecule has 1 amide bonds. The van der Waals surface area contributed by atoms with Crippen LogP contribution in [0.1, 0.15) is 33.3 Å². The van der Waals surface area contributed by atoms with Crippen molar-refractivity contribution in [2.75, 3.05) is 6.54 Å². The quantitative estimate of drug-likeness (QED) is 0.758. The van der Waals surface area contributed by atoms with Crippen molar-refractivity contribution < 1.29 is 18.3 Å². The van der Waals surface area contributed by atoms with Crippen LogP contribution in [0, 0.1) is 17.3 Å². The zero-order valence-electron chi connectivity index (χ0n) is 14.6. The van der Waals surface area contributed by atoms with Gasteiger partial charge in [-0.25, -0.2) is 0 Å². The second kappa shape index (κ2) is 7.32. The number of carbonyl (C=O) groups excluding carboxylic acids is 1. The molecule has 5 heteroatoms. The average Bonchev–Trinajstić information content (AvgIpc) is 3.00. The highest BCUT2D eigenvalue weighted by Gasteiger charge is 2.60. The van der Waals surface area contributed by atoms with Gasteiger partial charge in [0.05, 0.1) is 5.92 Å². The Kier molecular flexibility index (Phi) is 5.62. The minimum atomic E-state index is -2.81. The van der Waals surface area contributed by atoms with E-state index >= 15 is 0 Å². The van der Waals surface area contributed by atoms with E-state index in [0.717, 1.165) is 5.56 Å². The lowest BCUT2D eigenvalue weighted by atomic mass is 10.1. The minimum absolute atomic E-state index is 0.00954. The highest BCUT2D eigenvalue weighted by molar-refractivity contribution is 5.83. The van der Waals surface area contributed by atoms with Crippen LogP contribution in [0.3, 0.4) is 0 Å². The van der Waals surface area contributed by atoms with Crippen LogP contribution in [0.15, 0.2) is 35.9 Å². The van der Waals surface area contributed by atoms with Gasteiger partial charge in [0.25, 0.3) is 0 Å². The van der Waals surface area contributed by atoms with Crippen molar-refractivity contribution in [1.82, 2.24) is 5.32 Å². The van der Waals surface area contributed by atoms with E-state index in [1.54, 1.807) is 12.1 Å². The number of amides is 1. The number of benzene rings is 1. The maximum atomic E-state index is 12.3. The maximum Gasteiger partial charge on any atom is 0.387 e. The monoisotopic (exact) mass is 337 g/mol. The van der Waals surface area contributed by atoms with Crippen molar-refractivity contribution in [3.8, 4) is 5.75 Å². The van der Waals surface area contributed by atoms with Gasteiger partial charge < -0.3 is 10.1 Å². The summed E-state index contributed by atoms with van der Waals surface area (Å²) in [6.45, 7) is 6.04. The highest BCUT2D eigenvalue weighted by atomic mass is 19.3. The predicted octanol–water partition coefficient (Wildman–Crippen LogP) is 4.19. The normalized spacial score (nSPS) is 21.3. The number of carbonyl (C=O) groups is 1. The summed E-state index contributed by atoms with van der Waals surface area (Å²) in [5.74, 6) is 0.546. The number of alkyl halides is 2. The van der Waals surface area contributed by atoms with E-state index < -0.39 is 6.61 Å². The minimum Gasteiger partial charge on any atom is -0.435 e. The number of hydrogen-bond acceptors (Lipinski definition) is 2. The summed E-state index contributed by atoms with van der Waals surface area (Å²) in [5, 5.41) is 2.98. The Balaban J connectivity index is 1.80. The molecule has 1 fully saturated rings. The van der Waals surface area contributed by atoms with E-state index in [4.69, 9.17) is 0 Å². The fraction of sp³-hybridized carbons (Fsp3) is 0.526. The van der Waals surface area contributed by atoms with E-state index in [9.17, 15) is 13.6 Å². The number of rotatable bonds is 7. The number of allylic oxidation sites excluding steroid dienone is 2. The summed E-state index contributed by atoms with van der Waals surface area (Å²) >= 11 is 0. The lowest BCUT2D eigenvalue weighted by Gasteiger charge is -2.08. The third-order valence-corrected chi connectivity index (χ3v) is 4.57. The second-order valence-corrected chi connectivity index (χ2v) is 7.13. The van der Waals surface area contributed by atoms with Gasteiger partial charge in [0.2, 0.25) is 5.91 Å².